The lowest BCUT2D eigenvalue weighted by molar-refractivity contribution is 0.196. The largest absolute Gasteiger partial charge is 0.318 e. The summed E-state index contributed by atoms with van der Waals surface area (Å²) in [5, 5.41) is 2.58. The summed E-state index contributed by atoms with van der Waals surface area (Å²) in [4.78, 5) is 2.18. The third-order valence-corrected chi connectivity index (χ3v) is 5.78. The molecule has 0 aliphatic carbocycles. The maximum absolute atomic E-state index is 12.2. The van der Waals surface area contributed by atoms with Crippen LogP contribution in [0, 0.1) is 0 Å². The van der Waals surface area contributed by atoms with Gasteiger partial charge in [0.25, 0.3) is 0 Å². The topological polar surface area (TPSA) is 52.7 Å². The van der Waals surface area contributed by atoms with Crippen LogP contribution in [0.5, 0.6) is 0 Å². The van der Waals surface area contributed by atoms with Gasteiger partial charge in [-0.3, -0.25) is 0 Å². The normalized spacial score (nSPS) is 21.9. The van der Waals surface area contributed by atoms with E-state index in [2.05, 4.69) is 24.3 Å². The molecule has 0 spiro atoms. The summed E-state index contributed by atoms with van der Waals surface area (Å²) in [5.41, 5.74) is 0. The van der Waals surface area contributed by atoms with Gasteiger partial charge in [-0.1, -0.05) is 0 Å². The van der Waals surface area contributed by atoms with Crippen molar-refractivity contribution >= 4 is 10.0 Å². The van der Waals surface area contributed by atoms with Crippen LogP contribution in [0.15, 0.2) is 0 Å². The highest BCUT2D eigenvalue weighted by Gasteiger charge is 2.32. The quantitative estimate of drug-likeness (QED) is 0.756. The van der Waals surface area contributed by atoms with Gasteiger partial charge >= 0.3 is 0 Å². The Labute approximate surface area is 105 Å². The molecule has 0 radical (unpaired) electrons. The van der Waals surface area contributed by atoms with E-state index >= 15 is 0 Å². The fraction of sp³-hybridized carbons (Fsp3) is 1.00. The van der Waals surface area contributed by atoms with Crippen molar-refractivity contribution in [1.29, 1.82) is 0 Å². The first kappa shape index (κ1) is 14.9. The van der Waals surface area contributed by atoms with Crippen LogP contribution in [0.25, 0.3) is 0 Å². The second kappa shape index (κ2) is 6.13. The summed E-state index contributed by atoms with van der Waals surface area (Å²) in [6, 6.07) is 0.515. The van der Waals surface area contributed by atoms with E-state index in [1.54, 1.807) is 18.3 Å². The molecule has 0 aromatic rings. The molecule has 0 saturated carbocycles. The Morgan fingerprint density at radius 2 is 1.88 bits per heavy atom. The Balaban J connectivity index is 2.58. The number of nitrogens with zero attached hydrogens (tertiary/aromatic N) is 2. The van der Waals surface area contributed by atoms with Crippen molar-refractivity contribution in [3.8, 4) is 0 Å². The summed E-state index contributed by atoms with van der Waals surface area (Å²) < 4.78 is 26.1. The van der Waals surface area contributed by atoms with E-state index in [4.69, 9.17) is 0 Å². The molecule has 1 atom stereocenters. The Bertz CT molecular complexity index is 322. The molecule has 1 heterocycles. The van der Waals surface area contributed by atoms with Crippen molar-refractivity contribution in [3.63, 3.8) is 0 Å². The van der Waals surface area contributed by atoms with Crippen LogP contribution in [0.1, 0.15) is 19.8 Å². The lowest BCUT2D eigenvalue weighted by Crippen LogP contribution is -2.48. The number of sulfonamides is 1. The van der Waals surface area contributed by atoms with Gasteiger partial charge in [-0.15, -0.1) is 0 Å². The molecular formula is C11H25N3O2S. The first-order valence-electron chi connectivity index (χ1n) is 6.19. The standard InChI is InChI=1S/C11H25N3O2S/c1-10(9-12-2)17(15,16)14-7-5-11(6-8-14)13(3)4/h10-12H,5-9H2,1-4H3. The minimum Gasteiger partial charge on any atom is -0.318 e. The van der Waals surface area contributed by atoms with E-state index in [1.165, 1.54) is 0 Å². The SMILES string of the molecule is CNCC(C)S(=O)(=O)N1CCC(N(C)C)CC1. The lowest BCUT2D eigenvalue weighted by Gasteiger charge is -2.35. The molecule has 0 bridgehead atoms. The number of nitrogens with one attached hydrogen (secondary N) is 1. The Hall–Kier alpha value is -0.170. The van der Waals surface area contributed by atoms with Gasteiger partial charge in [0.15, 0.2) is 0 Å². The van der Waals surface area contributed by atoms with Crippen molar-refractivity contribution in [3.05, 3.63) is 0 Å². The van der Waals surface area contributed by atoms with Crippen LogP contribution in [-0.4, -0.2) is 69.7 Å². The summed E-state index contributed by atoms with van der Waals surface area (Å²) in [6.07, 6.45) is 1.86. The number of rotatable bonds is 5. The molecule has 6 heteroatoms. The van der Waals surface area contributed by atoms with Crippen molar-refractivity contribution in [2.75, 3.05) is 40.8 Å². The van der Waals surface area contributed by atoms with Gasteiger partial charge in [0, 0.05) is 25.7 Å². The molecule has 1 fully saturated rings. The molecule has 1 saturated heterocycles. The van der Waals surface area contributed by atoms with Crippen LogP contribution in [-0.2, 0) is 10.0 Å². The fourth-order valence-electron chi connectivity index (χ4n) is 2.26. The Kier molecular flexibility index (Phi) is 5.37. The Morgan fingerprint density at radius 1 is 1.35 bits per heavy atom. The van der Waals surface area contributed by atoms with E-state index in [-0.39, 0.29) is 5.25 Å². The fourth-order valence-corrected chi connectivity index (χ4v) is 3.87. The minimum absolute atomic E-state index is 0.344. The maximum atomic E-state index is 12.2. The second-order valence-electron chi connectivity index (χ2n) is 5.01. The molecular weight excluding hydrogens is 238 g/mol. The average molecular weight is 263 g/mol. The molecule has 0 aromatic carbocycles. The molecule has 1 N–H and O–H groups in total. The van der Waals surface area contributed by atoms with E-state index in [9.17, 15) is 8.42 Å². The molecule has 1 aliphatic heterocycles. The predicted molar refractivity (Wildman–Crippen MR) is 70.6 cm³/mol. The van der Waals surface area contributed by atoms with Crippen molar-refractivity contribution in [2.24, 2.45) is 0 Å². The zero-order valence-electron chi connectivity index (χ0n) is 11.3. The van der Waals surface area contributed by atoms with Gasteiger partial charge in [-0.2, -0.15) is 0 Å². The van der Waals surface area contributed by atoms with Gasteiger partial charge in [-0.05, 0) is 40.9 Å². The maximum Gasteiger partial charge on any atom is 0.217 e. The highest BCUT2D eigenvalue weighted by molar-refractivity contribution is 7.89. The summed E-state index contributed by atoms with van der Waals surface area (Å²) in [6.45, 7) is 3.58. The first-order chi connectivity index (χ1) is 7.89. The molecule has 5 nitrogen and oxygen atoms in total. The van der Waals surface area contributed by atoms with Gasteiger partial charge < -0.3 is 10.2 Å². The summed E-state index contributed by atoms with van der Waals surface area (Å²) in [5.74, 6) is 0. The molecule has 0 aromatic heterocycles. The van der Waals surface area contributed by atoms with Gasteiger partial charge in [0.05, 0.1) is 5.25 Å². The zero-order valence-corrected chi connectivity index (χ0v) is 12.1. The zero-order chi connectivity index (χ0) is 13.1. The van der Waals surface area contributed by atoms with Crippen LogP contribution in [0.4, 0.5) is 0 Å². The van der Waals surface area contributed by atoms with Crippen molar-refractivity contribution in [1.82, 2.24) is 14.5 Å². The van der Waals surface area contributed by atoms with Crippen LogP contribution >= 0.6 is 0 Å². The second-order valence-corrected chi connectivity index (χ2v) is 7.36. The van der Waals surface area contributed by atoms with Crippen molar-refractivity contribution in [2.45, 2.75) is 31.1 Å². The Morgan fingerprint density at radius 3 is 2.29 bits per heavy atom. The molecule has 1 unspecified atom stereocenters. The molecule has 102 valence electrons. The minimum atomic E-state index is -3.12. The average Bonchev–Trinajstić information content (AvgIpc) is 2.29. The van der Waals surface area contributed by atoms with Crippen LogP contribution in [0.3, 0.4) is 0 Å². The third kappa shape index (κ3) is 3.64. The number of hydrogen-bond acceptors (Lipinski definition) is 4. The molecule has 0 amide bonds. The molecule has 1 aliphatic rings. The lowest BCUT2D eigenvalue weighted by atomic mass is 10.1. The smallest absolute Gasteiger partial charge is 0.217 e. The number of hydrogen-bond donors (Lipinski definition) is 1. The molecule has 17 heavy (non-hydrogen) atoms. The highest BCUT2D eigenvalue weighted by atomic mass is 32.2. The monoisotopic (exact) mass is 263 g/mol. The van der Waals surface area contributed by atoms with Gasteiger partial charge in [0.2, 0.25) is 10.0 Å². The predicted octanol–water partition coefficient (Wildman–Crippen LogP) is -0.0499. The van der Waals surface area contributed by atoms with Gasteiger partial charge in [0.1, 0.15) is 0 Å². The van der Waals surface area contributed by atoms with E-state index in [1.807, 2.05) is 0 Å². The van der Waals surface area contributed by atoms with Crippen molar-refractivity contribution < 1.29 is 8.42 Å². The third-order valence-electron chi connectivity index (χ3n) is 3.51. The van der Waals surface area contributed by atoms with Crippen LogP contribution < -0.4 is 5.32 Å². The summed E-state index contributed by atoms with van der Waals surface area (Å²) in [7, 11) is 2.77. The van der Waals surface area contributed by atoms with E-state index < -0.39 is 10.0 Å². The number of piperidine rings is 1. The summed E-state index contributed by atoms with van der Waals surface area (Å²) >= 11 is 0. The highest BCUT2D eigenvalue weighted by Crippen LogP contribution is 2.19. The first-order valence-corrected chi connectivity index (χ1v) is 7.70. The van der Waals surface area contributed by atoms with E-state index in [0.717, 1.165) is 12.8 Å². The van der Waals surface area contributed by atoms with E-state index in [0.29, 0.717) is 25.7 Å². The molecule has 1 rings (SSSR count). The van der Waals surface area contributed by atoms with Crippen LogP contribution in [0.2, 0.25) is 0 Å². The van der Waals surface area contributed by atoms with Gasteiger partial charge in [-0.25, -0.2) is 12.7 Å².